The normalized spacial score (nSPS) is 14.7. The van der Waals surface area contributed by atoms with Crippen LogP contribution in [0.25, 0.3) is 0 Å². The summed E-state index contributed by atoms with van der Waals surface area (Å²) in [5.41, 5.74) is 5.43. The molecular weight excluding hydrogens is 178 g/mol. The third kappa shape index (κ3) is 6.84. The van der Waals surface area contributed by atoms with Crippen molar-refractivity contribution >= 4 is 0 Å². The Morgan fingerprint density at radius 1 is 1.57 bits per heavy atom. The van der Waals surface area contributed by atoms with E-state index >= 15 is 0 Å². The number of methoxy groups -OCH3 is 1. The minimum atomic E-state index is 0.0484. The maximum absolute atomic E-state index is 8.61. The summed E-state index contributed by atoms with van der Waals surface area (Å²) < 4.78 is 5.08. The van der Waals surface area contributed by atoms with Gasteiger partial charge >= 0.3 is 0 Å². The molecule has 4 heteroatoms. The first-order valence-corrected chi connectivity index (χ1v) is 5.06. The van der Waals surface area contributed by atoms with Gasteiger partial charge in [0.2, 0.25) is 0 Å². The van der Waals surface area contributed by atoms with Crippen molar-refractivity contribution in [3.8, 4) is 6.07 Å². The van der Waals surface area contributed by atoms with E-state index in [-0.39, 0.29) is 5.92 Å². The molecule has 3 N–H and O–H groups in total. The number of hydrogen-bond acceptors (Lipinski definition) is 4. The first-order valence-electron chi connectivity index (χ1n) is 5.06. The van der Waals surface area contributed by atoms with E-state index in [1.165, 1.54) is 0 Å². The fourth-order valence-corrected chi connectivity index (χ4v) is 1.20. The van der Waals surface area contributed by atoms with Gasteiger partial charge in [0.05, 0.1) is 18.6 Å². The Morgan fingerprint density at radius 2 is 2.29 bits per heavy atom. The first-order chi connectivity index (χ1) is 6.74. The van der Waals surface area contributed by atoms with Crippen molar-refractivity contribution in [2.45, 2.75) is 25.8 Å². The predicted molar refractivity (Wildman–Crippen MR) is 56.7 cm³/mol. The molecule has 2 unspecified atom stereocenters. The van der Waals surface area contributed by atoms with Crippen molar-refractivity contribution in [1.29, 1.82) is 5.26 Å². The van der Waals surface area contributed by atoms with Crippen LogP contribution in [0.2, 0.25) is 0 Å². The maximum atomic E-state index is 8.61. The molecule has 0 aromatic heterocycles. The van der Waals surface area contributed by atoms with Gasteiger partial charge in [0.15, 0.2) is 0 Å². The lowest BCUT2D eigenvalue weighted by Gasteiger charge is -2.18. The van der Waals surface area contributed by atoms with Crippen LogP contribution < -0.4 is 11.1 Å². The molecular formula is C10H21N3O. The van der Waals surface area contributed by atoms with Crippen LogP contribution in [0.4, 0.5) is 0 Å². The number of ether oxygens (including phenoxy) is 1. The highest BCUT2D eigenvalue weighted by molar-refractivity contribution is 4.81. The highest BCUT2D eigenvalue weighted by atomic mass is 16.5. The van der Waals surface area contributed by atoms with E-state index in [9.17, 15) is 0 Å². The van der Waals surface area contributed by atoms with Crippen LogP contribution in [0.15, 0.2) is 0 Å². The smallest absolute Gasteiger partial charge is 0.0666 e. The second kappa shape index (κ2) is 8.95. The van der Waals surface area contributed by atoms with Gasteiger partial charge < -0.3 is 15.8 Å². The summed E-state index contributed by atoms with van der Waals surface area (Å²) >= 11 is 0. The van der Waals surface area contributed by atoms with Gasteiger partial charge in [-0.25, -0.2) is 0 Å². The van der Waals surface area contributed by atoms with Crippen molar-refractivity contribution in [2.75, 3.05) is 26.8 Å². The van der Waals surface area contributed by atoms with Crippen LogP contribution in [0.5, 0.6) is 0 Å². The van der Waals surface area contributed by atoms with Crippen LogP contribution in [0.1, 0.15) is 19.8 Å². The van der Waals surface area contributed by atoms with E-state index in [0.29, 0.717) is 19.2 Å². The van der Waals surface area contributed by atoms with Gasteiger partial charge in [0, 0.05) is 19.7 Å². The van der Waals surface area contributed by atoms with Gasteiger partial charge in [-0.05, 0) is 26.3 Å². The summed E-state index contributed by atoms with van der Waals surface area (Å²) in [5, 5.41) is 11.9. The van der Waals surface area contributed by atoms with Crippen molar-refractivity contribution < 1.29 is 4.74 Å². The van der Waals surface area contributed by atoms with Crippen LogP contribution >= 0.6 is 0 Å². The molecule has 0 rings (SSSR count). The van der Waals surface area contributed by atoms with E-state index in [4.69, 9.17) is 15.7 Å². The predicted octanol–water partition coefficient (Wildman–Crippen LogP) is 0.490. The molecule has 82 valence electrons. The van der Waals surface area contributed by atoms with Gasteiger partial charge in [-0.1, -0.05) is 0 Å². The summed E-state index contributed by atoms with van der Waals surface area (Å²) in [6.45, 7) is 4.00. The van der Waals surface area contributed by atoms with E-state index in [1.54, 1.807) is 7.11 Å². The van der Waals surface area contributed by atoms with E-state index in [0.717, 1.165) is 19.4 Å². The van der Waals surface area contributed by atoms with E-state index in [1.807, 2.05) is 6.92 Å². The lowest BCUT2D eigenvalue weighted by Crippen LogP contribution is -2.36. The molecule has 0 aliphatic rings. The Morgan fingerprint density at radius 3 is 2.79 bits per heavy atom. The molecule has 14 heavy (non-hydrogen) atoms. The van der Waals surface area contributed by atoms with Crippen LogP contribution in [0, 0.1) is 17.2 Å². The molecule has 0 heterocycles. The fraction of sp³-hybridized carbons (Fsp3) is 0.900. The Kier molecular flexibility index (Phi) is 8.54. The Hall–Kier alpha value is -0.630. The molecule has 0 radical (unpaired) electrons. The molecule has 0 aromatic carbocycles. The largest absolute Gasteiger partial charge is 0.383 e. The second-order valence-electron chi connectivity index (χ2n) is 3.52. The highest BCUT2D eigenvalue weighted by Gasteiger charge is 2.08. The first kappa shape index (κ1) is 13.4. The topological polar surface area (TPSA) is 71.1 Å². The molecule has 0 amide bonds. The van der Waals surface area contributed by atoms with E-state index in [2.05, 4.69) is 11.4 Å². The third-order valence-corrected chi connectivity index (χ3v) is 2.06. The monoisotopic (exact) mass is 199 g/mol. The van der Waals surface area contributed by atoms with Crippen LogP contribution in [0.3, 0.4) is 0 Å². The quantitative estimate of drug-likeness (QED) is 0.597. The average molecular weight is 199 g/mol. The summed E-state index contributed by atoms with van der Waals surface area (Å²) in [5.74, 6) is 0.0484. The number of nitrogens with two attached hydrogens (primary N) is 1. The third-order valence-electron chi connectivity index (χ3n) is 2.06. The van der Waals surface area contributed by atoms with Crippen LogP contribution in [-0.2, 0) is 4.74 Å². The number of rotatable bonds is 8. The standard InChI is InChI=1S/C10H21N3O/c1-9(6-12)7-13-10(8-14-2)4-3-5-11/h9-10,13H,3-5,7-8,11H2,1-2H3. The van der Waals surface area contributed by atoms with Crippen molar-refractivity contribution in [1.82, 2.24) is 5.32 Å². The molecule has 0 aliphatic carbocycles. The molecule has 0 fully saturated rings. The van der Waals surface area contributed by atoms with Gasteiger partial charge in [-0.3, -0.25) is 0 Å². The summed E-state index contributed by atoms with van der Waals surface area (Å²) in [6, 6.07) is 2.51. The Labute approximate surface area is 86.4 Å². The summed E-state index contributed by atoms with van der Waals surface area (Å²) in [6.07, 6.45) is 1.99. The molecule has 4 nitrogen and oxygen atoms in total. The van der Waals surface area contributed by atoms with Crippen molar-refractivity contribution in [3.63, 3.8) is 0 Å². The number of hydrogen-bond donors (Lipinski definition) is 2. The highest BCUT2D eigenvalue weighted by Crippen LogP contribution is 1.98. The Bertz CT molecular complexity index is 167. The van der Waals surface area contributed by atoms with Gasteiger partial charge in [0.1, 0.15) is 0 Å². The van der Waals surface area contributed by atoms with Crippen LogP contribution in [-0.4, -0.2) is 32.8 Å². The minimum absolute atomic E-state index is 0.0484. The van der Waals surface area contributed by atoms with E-state index < -0.39 is 0 Å². The summed E-state index contributed by atoms with van der Waals surface area (Å²) in [4.78, 5) is 0. The van der Waals surface area contributed by atoms with Gasteiger partial charge in [-0.2, -0.15) is 5.26 Å². The fourth-order valence-electron chi connectivity index (χ4n) is 1.20. The zero-order valence-corrected chi connectivity index (χ0v) is 9.12. The Balaban J connectivity index is 3.67. The van der Waals surface area contributed by atoms with Crippen molar-refractivity contribution in [3.05, 3.63) is 0 Å². The minimum Gasteiger partial charge on any atom is -0.383 e. The zero-order valence-electron chi connectivity index (χ0n) is 9.12. The molecule has 0 bridgehead atoms. The lowest BCUT2D eigenvalue weighted by atomic mass is 10.1. The molecule has 2 atom stereocenters. The molecule has 0 spiro atoms. The molecule has 0 saturated carbocycles. The molecule has 0 aliphatic heterocycles. The van der Waals surface area contributed by atoms with Gasteiger partial charge in [0.25, 0.3) is 0 Å². The van der Waals surface area contributed by atoms with Gasteiger partial charge in [-0.15, -0.1) is 0 Å². The summed E-state index contributed by atoms with van der Waals surface area (Å²) in [7, 11) is 1.69. The van der Waals surface area contributed by atoms with Crippen molar-refractivity contribution in [2.24, 2.45) is 11.7 Å². The molecule has 0 saturated heterocycles. The number of nitrogens with one attached hydrogen (secondary N) is 1. The average Bonchev–Trinajstić information content (AvgIpc) is 2.21. The second-order valence-corrected chi connectivity index (χ2v) is 3.52. The maximum Gasteiger partial charge on any atom is 0.0666 e. The number of nitrogens with zero attached hydrogens (tertiary/aromatic N) is 1. The SMILES string of the molecule is COCC(CCCN)NCC(C)C#N. The zero-order chi connectivity index (χ0) is 10.8. The molecule has 0 aromatic rings. The lowest BCUT2D eigenvalue weighted by molar-refractivity contribution is 0.160. The number of nitriles is 1.